The predicted molar refractivity (Wildman–Crippen MR) is 189 cm³/mol. The van der Waals surface area contributed by atoms with E-state index in [9.17, 15) is 31.0 Å². The van der Waals surface area contributed by atoms with Gasteiger partial charge in [-0.15, -0.1) is 0 Å². The quantitative estimate of drug-likeness (QED) is 0.0777. The average Bonchev–Trinajstić information content (AvgIpc) is 3.04. The first-order valence-corrected chi connectivity index (χ1v) is 20.1. The maximum absolute atomic E-state index is 10.9. The highest BCUT2D eigenvalue weighted by Crippen LogP contribution is 2.09. The molecule has 0 unspecified atom stereocenters. The summed E-state index contributed by atoms with van der Waals surface area (Å²) in [6.07, 6.45) is 26.6. The Hall–Kier alpha value is -2.98. The van der Waals surface area contributed by atoms with Crippen molar-refractivity contribution in [3.05, 3.63) is 61.2 Å². The van der Waals surface area contributed by atoms with Crippen LogP contribution in [0.3, 0.4) is 0 Å². The Morgan fingerprint density at radius 3 is 1.37 bits per heavy atom. The summed E-state index contributed by atoms with van der Waals surface area (Å²) in [5, 5.41) is 16.2. The maximum Gasteiger partial charge on any atom is 0.321 e. The third-order valence-corrected chi connectivity index (χ3v) is 7.25. The van der Waals surface area contributed by atoms with E-state index in [1.807, 2.05) is 48.8 Å². The van der Waals surface area contributed by atoms with Gasteiger partial charge in [-0.05, 0) is 25.0 Å². The molecule has 0 aromatic carbocycles. The highest BCUT2D eigenvalue weighted by Gasteiger charge is 2.09. The Morgan fingerprint density at radius 2 is 1.10 bits per heavy atom. The van der Waals surface area contributed by atoms with Gasteiger partial charge in [0.2, 0.25) is 0 Å². The number of aromatic nitrogens is 2. The predicted octanol–water partition coefficient (Wildman–Crippen LogP) is 5.88. The van der Waals surface area contributed by atoms with E-state index in [1.165, 1.54) is 77.0 Å². The lowest BCUT2D eigenvalue weighted by molar-refractivity contribution is -0.378. The first-order chi connectivity index (χ1) is 23.3. The molecule has 284 valence electrons. The summed E-state index contributed by atoms with van der Waals surface area (Å²) in [5.74, 6) is -4.81. The number of aliphatic carboxylic acids is 1. The molecule has 2 rings (SSSR count). The van der Waals surface area contributed by atoms with Crippen LogP contribution in [0.1, 0.15) is 117 Å². The molecule has 0 amide bonds. The number of carboxylic acid groups (broad SMARTS) is 1. The van der Waals surface area contributed by atoms with Crippen LogP contribution in [0.5, 0.6) is 0 Å². The highest BCUT2D eigenvalue weighted by molar-refractivity contribution is 7.86. The fraction of sp³-hybridized carbons (Fsp3) is 0.647. The van der Waals surface area contributed by atoms with Gasteiger partial charge >= 0.3 is 11.9 Å². The number of carbonyl (C=O) groups excluding carboxylic acids is 1. The smallest absolute Gasteiger partial charge is 0.321 e. The van der Waals surface area contributed by atoms with Crippen molar-refractivity contribution < 1.29 is 55.5 Å². The zero-order valence-corrected chi connectivity index (χ0v) is 30.9. The van der Waals surface area contributed by atoms with Crippen LogP contribution >= 0.6 is 0 Å². The number of esters is 1. The monoisotopic (exact) mass is 736 g/mol. The van der Waals surface area contributed by atoms with Crippen molar-refractivity contribution in [2.24, 2.45) is 0 Å². The second-order valence-corrected chi connectivity index (χ2v) is 13.7. The zero-order chi connectivity index (χ0) is 37.5. The number of H-pyrrole nitrogens is 1. The van der Waals surface area contributed by atoms with Gasteiger partial charge in [-0.2, -0.15) is 8.42 Å². The van der Waals surface area contributed by atoms with Crippen molar-refractivity contribution >= 4 is 32.2 Å². The van der Waals surface area contributed by atoms with Crippen LogP contribution in [0.25, 0.3) is 0 Å². The van der Waals surface area contributed by atoms with Gasteiger partial charge in [0.05, 0.1) is 6.61 Å². The van der Waals surface area contributed by atoms with Gasteiger partial charge in [0.1, 0.15) is 15.9 Å². The third-order valence-electron chi connectivity index (χ3n) is 6.05. The molecule has 0 fully saturated rings. The standard InChI is InChI=1S/C12H24O5S.C10H22O.2C5H5N.C2H4O5S/c1-2-3-4-5-6-7-8-9-10-17-12(13)11-18(14,15)16;1-2-3-4-5-6-7-8-9-10-11;2*1-2-4-6-5-3-1;3-2(4)1-8(5,6)7/h2-11H2,1H3,(H,14,15,16);11H,2-10H2,1H3;2*1-5H;1H2,(H,3,4)(H,5,6,7). The summed E-state index contributed by atoms with van der Waals surface area (Å²) in [4.78, 5) is 27.0. The van der Waals surface area contributed by atoms with Crippen molar-refractivity contribution in [3.8, 4) is 0 Å². The van der Waals surface area contributed by atoms with Gasteiger partial charge in [0, 0.05) is 31.1 Å². The van der Waals surface area contributed by atoms with E-state index in [0.717, 1.165) is 25.7 Å². The molecule has 0 radical (unpaired) electrons. The molecule has 49 heavy (non-hydrogen) atoms. The number of nitrogens with zero attached hydrogens (tertiary/aromatic N) is 1. The molecule has 15 heteroatoms. The molecular weight excluding hydrogens is 677 g/mol. The fourth-order valence-electron chi connectivity index (χ4n) is 3.66. The number of hydrogen-bond acceptors (Lipinski definition) is 10. The lowest BCUT2D eigenvalue weighted by Crippen LogP contribution is -2.18. The molecule has 4 N–H and O–H groups in total. The molecule has 2 heterocycles. The van der Waals surface area contributed by atoms with Crippen molar-refractivity contribution in [1.29, 1.82) is 0 Å². The van der Waals surface area contributed by atoms with Crippen LogP contribution in [0.15, 0.2) is 61.2 Å². The SMILES string of the molecule is CCCCCCCCCCO.CCCCCCCCCCOC(=O)CS(=O)(=O)[O-].O=C(O)CS(=O)(=O)O.c1cc[nH+]cc1.c1ccncc1. The van der Waals surface area contributed by atoms with E-state index in [4.69, 9.17) is 14.8 Å². The van der Waals surface area contributed by atoms with Crippen LogP contribution in [0, 0.1) is 0 Å². The summed E-state index contributed by atoms with van der Waals surface area (Å²) >= 11 is 0. The number of carbonyl (C=O) groups is 2. The Morgan fingerprint density at radius 1 is 0.673 bits per heavy atom. The highest BCUT2D eigenvalue weighted by atomic mass is 32.2. The van der Waals surface area contributed by atoms with Crippen molar-refractivity contribution in [3.63, 3.8) is 0 Å². The minimum Gasteiger partial charge on any atom is -0.748 e. The largest absolute Gasteiger partial charge is 0.748 e. The lowest BCUT2D eigenvalue weighted by atomic mass is 10.1. The molecule has 0 spiro atoms. The molecule has 0 aliphatic heterocycles. The normalized spacial score (nSPS) is 10.3. The van der Waals surface area contributed by atoms with E-state index in [1.54, 1.807) is 12.4 Å². The number of nitrogens with one attached hydrogen (secondary N) is 1. The summed E-state index contributed by atoms with van der Waals surface area (Å²) in [5.41, 5.74) is 0. The summed E-state index contributed by atoms with van der Waals surface area (Å²) in [6, 6.07) is 11.6. The van der Waals surface area contributed by atoms with E-state index >= 15 is 0 Å². The van der Waals surface area contributed by atoms with Crippen LogP contribution in [0.4, 0.5) is 0 Å². The first kappa shape index (κ1) is 50.4. The van der Waals surface area contributed by atoms with Crippen LogP contribution in [0.2, 0.25) is 0 Å². The lowest BCUT2D eigenvalue weighted by Gasteiger charge is -2.07. The second-order valence-electron chi connectivity index (χ2n) is 10.8. The average molecular weight is 737 g/mol. The van der Waals surface area contributed by atoms with Crippen molar-refractivity contribution in [2.75, 3.05) is 24.7 Å². The van der Waals surface area contributed by atoms with E-state index in [2.05, 4.69) is 28.6 Å². The first-order valence-electron chi connectivity index (χ1n) is 16.9. The molecule has 0 saturated carbocycles. The fourth-order valence-corrected chi connectivity index (χ4v) is 4.35. The Bertz CT molecular complexity index is 1090. The number of aliphatic hydroxyl groups is 1. The number of unbranched alkanes of at least 4 members (excludes halogenated alkanes) is 14. The molecule has 13 nitrogen and oxygen atoms in total. The summed E-state index contributed by atoms with van der Waals surface area (Å²) in [6.45, 7) is 4.99. The molecule has 0 aliphatic rings. The van der Waals surface area contributed by atoms with Gasteiger partial charge in [-0.3, -0.25) is 19.1 Å². The minimum absolute atomic E-state index is 0.198. The maximum atomic E-state index is 10.9. The number of aliphatic hydroxyl groups excluding tert-OH is 1. The minimum atomic E-state index is -4.51. The number of aromatic amines is 1. The zero-order valence-electron chi connectivity index (χ0n) is 29.3. The molecule has 2 aromatic rings. The topological polar surface area (TPSA) is 222 Å². The number of hydrogen-bond donors (Lipinski definition) is 3. The molecular formula is C34H60N2O11S2. The summed E-state index contributed by atoms with van der Waals surface area (Å²) < 4.78 is 62.4. The van der Waals surface area contributed by atoms with Gasteiger partial charge in [0.15, 0.2) is 18.1 Å². The Labute approximate surface area is 294 Å². The van der Waals surface area contributed by atoms with E-state index in [-0.39, 0.29) is 6.61 Å². The Kier molecular flexibility index (Phi) is 38.9. The van der Waals surface area contributed by atoms with Crippen molar-refractivity contribution in [1.82, 2.24) is 4.98 Å². The van der Waals surface area contributed by atoms with E-state index in [0.29, 0.717) is 6.61 Å². The second kappa shape index (κ2) is 37.8. The van der Waals surface area contributed by atoms with Crippen LogP contribution in [-0.4, -0.2) is 77.8 Å². The number of ether oxygens (including phenoxy) is 1. The van der Waals surface area contributed by atoms with Gasteiger partial charge in [-0.25, -0.2) is 13.4 Å². The third kappa shape index (κ3) is 57.6. The number of carboxylic acids is 1. The van der Waals surface area contributed by atoms with Crippen LogP contribution < -0.4 is 4.98 Å². The van der Waals surface area contributed by atoms with Crippen molar-refractivity contribution in [2.45, 2.75) is 117 Å². The van der Waals surface area contributed by atoms with Gasteiger partial charge in [0.25, 0.3) is 10.1 Å². The van der Waals surface area contributed by atoms with Gasteiger partial charge < -0.3 is 19.5 Å². The molecule has 0 aliphatic carbocycles. The molecule has 0 saturated heterocycles. The van der Waals surface area contributed by atoms with E-state index < -0.39 is 43.7 Å². The number of pyridine rings is 2. The number of rotatable bonds is 21. The Balaban J connectivity index is -0.000000580. The van der Waals surface area contributed by atoms with Gasteiger partial charge in [-0.1, -0.05) is 116 Å². The molecule has 0 bridgehead atoms. The molecule has 2 aromatic heterocycles. The summed E-state index contributed by atoms with van der Waals surface area (Å²) in [7, 11) is -8.83. The molecule has 0 atom stereocenters. The van der Waals surface area contributed by atoms with Crippen LogP contribution in [-0.2, 0) is 34.6 Å².